The molecule has 4 N–H and O–H groups in total. The fraction of sp³-hybridized carbons (Fsp3) is 0.556. The van der Waals surface area contributed by atoms with E-state index in [2.05, 4.69) is 46.9 Å². The Morgan fingerprint density at radius 3 is 2.24 bits per heavy atom. The smallest absolute Gasteiger partial charge is 0.410 e. The van der Waals surface area contributed by atoms with Crippen LogP contribution in [0.3, 0.4) is 0 Å². The molecule has 1 aliphatic heterocycles. The zero-order chi connectivity index (χ0) is 28.2. The maximum atomic E-state index is 10.9. The molecule has 1 aliphatic rings. The van der Waals surface area contributed by atoms with Crippen LogP contribution in [0.15, 0.2) is 42.5 Å². The lowest BCUT2D eigenvalue weighted by molar-refractivity contribution is 0.106. The normalized spacial score (nSPS) is 16.3. The fourth-order valence-electron chi connectivity index (χ4n) is 4.75. The van der Waals surface area contributed by atoms with Gasteiger partial charge in [0.15, 0.2) is 6.35 Å². The minimum Gasteiger partial charge on any atom is -0.519 e. The lowest BCUT2D eigenvalue weighted by Crippen LogP contribution is -2.61. The standard InChI is InChI=1S/C27H42NO8PSi/c1-26(2,3)38(27(4,5)6)35-17-21-15-24(11-12-25(21)36-38)33-18-22(29)16-28-14-13-20-7-9-23(10-8-20)34-19-37(30,31)32/h7-12,15,22,28-29H,13-14,16-19H2,1-6H3,(H2,30,31,32)/t22-/m0/s1. The van der Waals surface area contributed by atoms with Crippen LogP contribution >= 0.6 is 7.60 Å². The predicted octanol–water partition coefficient (Wildman–Crippen LogP) is 4.72. The fourth-order valence-corrected chi connectivity index (χ4v) is 9.72. The lowest BCUT2D eigenvalue weighted by Gasteiger charge is -2.50. The molecule has 1 atom stereocenters. The van der Waals surface area contributed by atoms with Crippen LogP contribution in [0.5, 0.6) is 17.2 Å². The first-order chi connectivity index (χ1) is 17.6. The second-order valence-corrected chi connectivity index (χ2v) is 18.1. The number of ether oxygens (including phenoxy) is 2. The van der Waals surface area contributed by atoms with Crippen LogP contribution in [0.25, 0.3) is 0 Å². The first-order valence-corrected chi connectivity index (χ1v) is 16.4. The number of aliphatic hydroxyl groups is 1. The third-order valence-electron chi connectivity index (χ3n) is 6.43. The van der Waals surface area contributed by atoms with Crippen LogP contribution in [0.2, 0.25) is 10.1 Å². The van der Waals surface area contributed by atoms with E-state index in [4.69, 9.17) is 28.1 Å². The molecule has 9 nitrogen and oxygen atoms in total. The molecule has 0 aliphatic carbocycles. The van der Waals surface area contributed by atoms with E-state index in [1.54, 1.807) is 12.1 Å². The van der Waals surface area contributed by atoms with E-state index in [1.807, 2.05) is 30.3 Å². The third kappa shape index (κ3) is 8.05. The molecular formula is C27H42NO8PSi. The number of aliphatic hydroxyl groups excluding tert-OH is 1. The van der Waals surface area contributed by atoms with Crippen LogP contribution in [0, 0.1) is 0 Å². The minimum atomic E-state index is -4.20. The molecule has 2 aromatic rings. The number of hydrogen-bond donors (Lipinski definition) is 4. The highest BCUT2D eigenvalue weighted by Gasteiger charge is 2.61. The molecule has 38 heavy (non-hydrogen) atoms. The van der Waals surface area contributed by atoms with Crippen molar-refractivity contribution >= 4 is 16.2 Å². The quantitative estimate of drug-likeness (QED) is 0.173. The van der Waals surface area contributed by atoms with Gasteiger partial charge < -0.3 is 38.5 Å². The lowest BCUT2D eigenvalue weighted by atomic mass is 10.1. The Morgan fingerprint density at radius 1 is 1.00 bits per heavy atom. The van der Waals surface area contributed by atoms with Crippen molar-refractivity contribution in [1.29, 1.82) is 0 Å². The van der Waals surface area contributed by atoms with E-state index < -0.39 is 28.6 Å². The first kappa shape index (κ1) is 30.6. The second kappa shape index (κ2) is 12.1. The van der Waals surface area contributed by atoms with Gasteiger partial charge in [-0.1, -0.05) is 53.7 Å². The van der Waals surface area contributed by atoms with Crippen LogP contribution in [-0.4, -0.2) is 55.6 Å². The van der Waals surface area contributed by atoms with Gasteiger partial charge in [-0.2, -0.15) is 0 Å². The van der Waals surface area contributed by atoms with Crippen molar-refractivity contribution in [1.82, 2.24) is 5.32 Å². The van der Waals surface area contributed by atoms with Crippen molar-refractivity contribution in [2.75, 3.05) is 26.0 Å². The maximum Gasteiger partial charge on any atom is 0.410 e. The Hall–Kier alpha value is -1.91. The number of benzene rings is 2. The average molecular weight is 568 g/mol. The van der Waals surface area contributed by atoms with Gasteiger partial charge in [0.2, 0.25) is 0 Å². The van der Waals surface area contributed by atoms with Crippen LogP contribution in [0.4, 0.5) is 0 Å². The summed E-state index contributed by atoms with van der Waals surface area (Å²) >= 11 is 0. The van der Waals surface area contributed by atoms with Gasteiger partial charge in [0.25, 0.3) is 0 Å². The van der Waals surface area contributed by atoms with Crippen molar-refractivity contribution in [2.24, 2.45) is 0 Å². The van der Waals surface area contributed by atoms with E-state index in [1.165, 1.54) is 0 Å². The second-order valence-electron chi connectivity index (χ2n) is 11.8. The van der Waals surface area contributed by atoms with Gasteiger partial charge in [0.05, 0.1) is 6.61 Å². The summed E-state index contributed by atoms with van der Waals surface area (Å²) in [7, 11) is -6.77. The summed E-state index contributed by atoms with van der Waals surface area (Å²) in [6.07, 6.45) is -0.591. The molecule has 0 saturated carbocycles. The third-order valence-corrected chi connectivity index (χ3v) is 11.9. The van der Waals surface area contributed by atoms with E-state index in [9.17, 15) is 9.67 Å². The largest absolute Gasteiger partial charge is 0.519 e. The van der Waals surface area contributed by atoms with Gasteiger partial charge in [-0.3, -0.25) is 4.57 Å². The molecule has 0 unspecified atom stereocenters. The molecule has 0 bridgehead atoms. The Bertz CT molecular complexity index is 1090. The van der Waals surface area contributed by atoms with E-state index >= 15 is 0 Å². The van der Waals surface area contributed by atoms with Crippen molar-refractivity contribution < 1.29 is 37.8 Å². The van der Waals surface area contributed by atoms with E-state index in [0.29, 0.717) is 31.2 Å². The SMILES string of the molecule is CC(C)(C)[Si]1(C(C)(C)C)OCc2cc(OC[C@@H](O)CNCCc3ccc(OCP(=O)(O)O)cc3)ccc2O1. The molecule has 0 radical (unpaired) electrons. The predicted molar refractivity (Wildman–Crippen MR) is 149 cm³/mol. The summed E-state index contributed by atoms with van der Waals surface area (Å²) in [6, 6.07) is 12.8. The average Bonchev–Trinajstić information content (AvgIpc) is 2.82. The molecule has 1 heterocycles. The minimum absolute atomic E-state index is 0.0961. The van der Waals surface area contributed by atoms with Crippen molar-refractivity contribution in [2.45, 2.75) is 70.8 Å². The topological polar surface area (TPSA) is 127 Å². The maximum absolute atomic E-state index is 10.9. The zero-order valence-corrected chi connectivity index (χ0v) is 25.1. The van der Waals surface area contributed by atoms with Gasteiger partial charge >= 0.3 is 16.2 Å². The number of nitrogens with one attached hydrogen (secondary N) is 1. The monoisotopic (exact) mass is 567 g/mol. The van der Waals surface area contributed by atoms with Crippen LogP contribution in [-0.2, 0) is 22.0 Å². The molecule has 11 heteroatoms. The van der Waals surface area contributed by atoms with Gasteiger partial charge in [-0.25, -0.2) is 0 Å². The van der Waals surface area contributed by atoms with E-state index in [0.717, 1.165) is 23.3 Å². The zero-order valence-electron chi connectivity index (χ0n) is 23.2. The van der Waals surface area contributed by atoms with Gasteiger partial charge in [0.1, 0.15) is 30.0 Å². The molecule has 2 aromatic carbocycles. The Morgan fingerprint density at radius 2 is 1.63 bits per heavy atom. The molecule has 3 rings (SSSR count). The first-order valence-electron chi connectivity index (χ1n) is 12.8. The highest BCUT2D eigenvalue weighted by atomic mass is 31.2. The molecule has 0 saturated heterocycles. The van der Waals surface area contributed by atoms with E-state index in [-0.39, 0.29) is 16.7 Å². The van der Waals surface area contributed by atoms with Gasteiger partial charge in [0, 0.05) is 22.2 Å². The summed E-state index contributed by atoms with van der Waals surface area (Å²) in [5.41, 5.74) is 1.99. The Kier molecular flexibility index (Phi) is 9.74. The van der Waals surface area contributed by atoms with Crippen molar-refractivity contribution in [3.63, 3.8) is 0 Å². The summed E-state index contributed by atoms with van der Waals surface area (Å²) in [6.45, 7) is 14.8. The molecule has 0 spiro atoms. The molecule has 0 amide bonds. The van der Waals surface area contributed by atoms with Gasteiger partial charge in [-0.05, 0) is 48.9 Å². The molecule has 0 fully saturated rings. The number of fused-ring (bicyclic) bond motifs is 1. The molecular weight excluding hydrogens is 525 g/mol. The summed E-state index contributed by atoms with van der Waals surface area (Å²) in [5, 5.41) is 13.4. The Labute approximate surface area is 226 Å². The van der Waals surface area contributed by atoms with Crippen LogP contribution < -0.4 is 19.2 Å². The molecule has 212 valence electrons. The summed E-state index contributed by atoms with van der Waals surface area (Å²) in [4.78, 5) is 17.8. The Balaban J connectivity index is 1.43. The summed E-state index contributed by atoms with van der Waals surface area (Å²) < 4.78 is 34.9. The van der Waals surface area contributed by atoms with Crippen molar-refractivity contribution in [3.8, 4) is 17.2 Å². The number of rotatable bonds is 11. The highest BCUT2D eigenvalue weighted by molar-refractivity contribution is 7.51. The molecule has 0 aromatic heterocycles. The number of hydrogen-bond acceptors (Lipinski definition) is 7. The van der Waals surface area contributed by atoms with Gasteiger partial charge in [-0.15, -0.1) is 0 Å². The van der Waals surface area contributed by atoms with Crippen molar-refractivity contribution in [3.05, 3.63) is 53.6 Å². The highest BCUT2D eigenvalue weighted by Crippen LogP contribution is 2.54. The van der Waals surface area contributed by atoms with Crippen LogP contribution in [0.1, 0.15) is 52.7 Å². The summed E-state index contributed by atoms with van der Waals surface area (Å²) in [5.74, 6) is 1.92.